The predicted octanol–water partition coefficient (Wildman–Crippen LogP) is 4.18. The summed E-state index contributed by atoms with van der Waals surface area (Å²) in [4.78, 5) is 33.0. The van der Waals surface area contributed by atoms with E-state index in [9.17, 15) is 14.0 Å². The second-order valence-corrected chi connectivity index (χ2v) is 9.00. The first-order valence-electron chi connectivity index (χ1n) is 9.51. The minimum atomic E-state index is -0.324. The minimum Gasteiger partial charge on any atom is -0.332 e. The number of thiazole rings is 1. The first kappa shape index (κ1) is 19.6. The Bertz CT molecular complexity index is 1250. The first-order chi connectivity index (χ1) is 15.1. The zero-order valence-electron chi connectivity index (χ0n) is 16.1. The molecule has 0 bridgehead atoms. The Morgan fingerprint density at radius 1 is 1.19 bits per heavy atom. The summed E-state index contributed by atoms with van der Waals surface area (Å²) in [6.07, 6.45) is 0.616. The number of H-pyrrole nitrogens is 1. The largest absolute Gasteiger partial charge is 0.332 e. The number of benzene rings is 1. The molecule has 10 heteroatoms. The zero-order chi connectivity index (χ0) is 21.4. The molecule has 0 saturated heterocycles. The number of halogens is 1. The van der Waals surface area contributed by atoms with E-state index in [1.807, 2.05) is 11.4 Å². The van der Waals surface area contributed by atoms with E-state index in [-0.39, 0.29) is 17.6 Å². The standard InChI is InChI=1S/C21H16FN5O2S2/c22-13-5-3-12(4-6-13)15-10-16(26-25-15)20(29)27-8-7-14-18(11-27)31-21(23-14)24-19(28)17-2-1-9-30-17/h1-6,9-10H,7-8,11H2,(H,25,26)(H,23,24,28). The Kier molecular flexibility index (Phi) is 5.08. The molecule has 2 amide bonds. The molecule has 0 fully saturated rings. The number of hydrogen-bond acceptors (Lipinski definition) is 6. The van der Waals surface area contributed by atoms with Crippen molar-refractivity contribution in [1.82, 2.24) is 20.1 Å². The van der Waals surface area contributed by atoms with Gasteiger partial charge in [-0.3, -0.25) is 20.0 Å². The highest BCUT2D eigenvalue weighted by molar-refractivity contribution is 7.16. The Labute approximate surface area is 184 Å². The number of fused-ring (bicyclic) bond motifs is 1. The van der Waals surface area contributed by atoms with Gasteiger partial charge in [-0.05, 0) is 41.8 Å². The zero-order valence-corrected chi connectivity index (χ0v) is 17.7. The fourth-order valence-electron chi connectivity index (χ4n) is 3.36. The van der Waals surface area contributed by atoms with Gasteiger partial charge in [0.15, 0.2) is 5.13 Å². The molecule has 1 aliphatic rings. The van der Waals surface area contributed by atoms with Gasteiger partial charge >= 0.3 is 0 Å². The molecule has 5 rings (SSSR count). The van der Waals surface area contributed by atoms with Gasteiger partial charge < -0.3 is 4.90 Å². The molecule has 1 aliphatic heterocycles. The molecule has 0 saturated carbocycles. The summed E-state index contributed by atoms with van der Waals surface area (Å²) in [6, 6.07) is 11.2. The number of aromatic nitrogens is 3. The second kappa shape index (κ2) is 8.05. The Balaban J connectivity index is 1.28. The van der Waals surface area contributed by atoms with Gasteiger partial charge in [-0.15, -0.1) is 11.3 Å². The van der Waals surface area contributed by atoms with E-state index in [1.54, 1.807) is 29.2 Å². The van der Waals surface area contributed by atoms with Crippen molar-refractivity contribution in [2.75, 3.05) is 11.9 Å². The molecule has 1 aromatic carbocycles. The van der Waals surface area contributed by atoms with E-state index < -0.39 is 0 Å². The average Bonchev–Trinajstić information content (AvgIpc) is 3.53. The number of anilines is 1. The number of aromatic amines is 1. The maximum Gasteiger partial charge on any atom is 0.272 e. The van der Waals surface area contributed by atoms with Crippen molar-refractivity contribution >= 4 is 39.6 Å². The van der Waals surface area contributed by atoms with Gasteiger partial charge in [-0.2, -0.15) is 5.10 Å². The molecular weight excluding hydrogens is 437 g/mol. The molecule has 0 radical (unpaired) electrons. The van der Waals surface area contributed by atoms with Crippen LogP contribution in [-0.2, 0) is 13.0 Å². The molecule has 2 N–H and O–H groups in total. The van der Waals surface area contributed by atoms with Crippen LogP contribution in [0.3, 0.4) is 0 Å². The Morgan fingerprint density at radius 2 is 2.03 bits per heavy atom. The van der Waals surface area contributed by atoms with Crippen LogP contribution in [0.5, 0.6) is 0 Å². The maximum absolute atomic E-state index is 13.1. The van der Waals surface area contributed by atoms with Crippen molar-refractivity contribution in [1.29, 1.82) is 0 Å². The minimum absolute atomic E-state index is 0.163. The number of nitrogens with zero attached hydrogens (tertiary/aromatic N) is 3. The Hall–Kier alpha value is -3.37. The molecule has 156 valence electrons. The fourth-order valence-corrected chi connectivity index (χ4v) is 5.00. The van der Waals surface area contributed by atoms with Gasteiger partial charge in [0.05, 0.1) is 22.8 Å². The lowest BCUT2D eigenvalue weighted by Gasteiger charge is -2.25. The van der Waals surface area contributed by atoms with Crippen LogP contribution in [0.2, 0.25) is 0 Å². The monoisotopic (exact) mass is 453 g/mol. The second-order valence-electron chi connectivity index (χ2n) is 6.97. The molecule has 0 unspecified atom stereocenters. The van der Waals surface area contributed by atoms with Gasteiger partial charge in [0.1, 0.15) is 11.5 Å². The average molecular weight is 454 g/mol. The normalized spacial score (nSPS) is 13.1. The fraction of sp³-hybridized carbons (Fsp3) is 0.143. The smallest absolute Gasteiger partial charge is 0.272 e. The van der Waals surface area contributed by atoms with Crippen molar-refractivity contribution in [3.05, 3.63) is 74.8 Å². The Morgan fingerprint density at radius 3 is 2.81 bits per heavy atom. The molecule has 0 atom stereocenters. The van der Waals surface area contributed by atoms with E-state index in [0.29, 0.717) is 40.9 Å². The van der Waals surface area contributed by atoms with Gasteiger partial charge in [0.25, 0.3) is 11.8 Å². The summed E-state index contributed by atoms with van der Waals surface area (Å²) in [7, 11) is 0. The maximum atomic E-state index is 13.1. The van der Waals surface area contributed by atoms with E-state index in [2.05, 4.69) is 20.5 Å². The number of carbonyl (C=O) groups excluding carboxylic acids is 2. The third-order valence-corrected chi connectivity index (χ3v) is 6.80. The van der Waals surface area contributed by atoms with Crippen LogP contribution in [0.1, 0.15) is 30.7 Å². The molecule has 3 aromatic heterocycles. The number of rotatable bonds is 4. The van der Waals surface area contributed by atoms with E-state index in [0.717, 1.165) is 16.1 Å². The van der Waals surface area contributed by atoms with Crippen LogP contribution >= 0.6 is 22.7 Å². The third-order valence-electron chi connectivity index (χ3n) is 4.93. The SMILES string of the molecule is O=C(Nc1nc2c(s1)CN(C(=O)c1cc(-c3ccc(F)cc3)n[nH]1)CC2)c1cccs1. The lowest BCUT2D eigenvalue weighted by atomic mass is 10.1. The van der Waals surface area contributed by atoms with Gasteiger partial charge in [-0.1, -0.05) is 17.4 Å². The molecule has 0 aliphatic carbocycles. The molecule has 7 nitrogen and oxygen atoms in total. The molecule has 0 spiro atoms. The number of nitrogens with one attached hydrogen (secondary N) is 2. The highest BCUT2D eigenvalue weighted by Gasteiger charge is 2.26. The number of thiophene rings is 1. The van der Waals surface area contributed by atoms with Gasteiger partial charge in [0, 0.05) is 23.4 Å². The van der Waals surface area contributed by atoms with E-state index in [1.165, 1.54) is 34.8 Å². The number of carbonyl (C=O) groups is 2. The van der Waals surface area contributed by atoms with E-state index in [4.69, 9.17) is 0 Å². The summed E-state index contributed by atoms with van der Waals surface area (Å²) in [5.74, 6) is -0.667. The number of hydrogen-bond donors (Lipinski definition) is 2. The molecular formula is C21H16FN5O2S2. The predicted molar refractivity (Wildman–Crippen MR) is 117 cm³/mol. The van der Waals surface area contributed by atoms with Crippen LogP contribution in [0.25, 0.3) is 11.3 Å². The van der Waals surface area contributed by atoms with Crippen molar-refractivity contribution in [2.24, 2.45) is 0 Å². The molecule has 4 aromatic rings. The number of amides is 2. The van der Waals surface area contributed by atoms with Crippen LogP contribution in [0, 0.1) is 5.82 Å². The van der Waals surface area contributed by atoms with Crippen molar-refractivity contribution < 1.29 is 14.0 Å². The van der Waals surface area contributed by atoms with Crippen LogP contribution in [0.15, 0.2) is 47.8 Å². The molecule has 4 heterocycles. The summed E-state index contributed by atoms with van der Waals surface area (Å²) in [5, 5.41) is 12.2. The van der Waals surface area contributed by atoms with Crippen molar-refractivity contribution in [2.45, 2.75) is 13.0 Å². The van der Waals surface area contributed by atoms with Crippen LogP contribution in [-0.4, -0.2) is 38.4 Å². The highest BCUT2D eigenvalue weighted by Crippen LogP contribution is 2.30. The van der Waals surface area contributed by atoms with Crippen molar-refractivity contribution in [3.8, 4) is 11.3 Å². The van der Waals surface area contributed by atoms with E-state index >= 15 is 0 Å². The molecule has 31 heavy (non-hydrogen) atoms. The summed E-state index contributed by atoms with van der Waals surface area (Å²) >= 11 is 2.76. The van der Waals surface area contributed by atoms with Crippen molar-refractivity contribution in [3.63, 3.8) is 0 Å². The summed E-state index contributed by atoms with van der Waals surface area (Å²) < 4.78 is 13.1. The quantitative estimate of drug-likeness (QED) is 0.485. The first-order valence-corrected chi connectivity index (χ1v) is 11.2. The van der Waals surface area contributed by atoms with Crippen LogP contribution < -0.4 is 5.32 Å². The summed E-state index contributed by atoms with van der Waals surface area (Å²) in [5.41, 5.74) is 2.59. The lowest BCUT2D eigenvalue weighted by molar-refractivity contribution is 0.0730. The third kappa shape index (κ3) is 3.99. The van der Waals surface area contributed by atoms with Gasteiger partial charge in [-0.25, -0.2) is 9.37 Å². The highest BCUT2D eigenvalue weighted by atomic mass is 32.1. The summed E-state index contributed by atoms with van der Waals surface area (Å²) in [6.45, 7) is 0.949. The topological polar surface area (TPSA) is 91.0 Å². The lowest BCUT2D eigenvalue weighted by Crippen LogP contribution is -2.35. The van der Waals surface area contributed by atoms with Gasteiger partial charge in [0.2, 0.25) is 0 Å². The van der Waals surface area contributed by atoms with Crippen LogP contribution in [0.4, 0.5) is 9.52 Å².